The van der Waals surface area contributed by atoms with Crippen molar-refractivity contribution in [2.45, 2.75) is 26.0 Å². The van der Waals surface area contributed by atoms with E-state index in [1.54, 1.807) is 50.4 Å². The lowest BCUT2D eigenvalue weighted by Gasteiger charge is -2.24. The molecule has 130 valence electrons. The molecule has 1 aliphatic heterocycles. The summed E-state index contributed by atoms with van der Waals surface area (Å²) in [7, 11) is 1.40. The van der Waals surface area contributed by atoms with Gasteiger partial charge in [-0.05, 0) is 44.2 Å². The summed E-state index contributed by atoms with van der Waals surface area (Å²) >= 11 is 0. The fraction of sp³-hybridized carbons (Fsp3) is 0.278. The second kappa shape index (κ2) is 6.43. The lowest BCUT2D eigenvalue weighted by Crippen LogP contribution is -2.34. The van der Waals surface area contributed by atoms with Gasteiger partial charge in [0.2, 0.25) is 0 Å². The first-order valence-electron chi connectivity index (χ1n) is 7.83. The number of benzene rings is 1. The van der Waals surface area contributed by atoms with Crippen molar-refractivity contribution in [3.8, 4) is 11.5 Å². The number of fused-ring (bicyclic) bond motifs is 1. The van der Waals surface area contributed by atoms with Crippen LogP contribution in [0.1, 0.15) is 30.2 Å². The summed E-state index contributed by atoms with van der Waals surface area (Å²) < 4.78 is 11.8. The van der Waals surface area contributed by atoms with Gasteiger partial charge in [0.15, 0.2) is 17.6 Å². The normalized spacial score (nSPS) is 17.1. The maximum Gasteiger partial charge on any atom is 0.293 e. The van der Waals surface area contributed by atoms with Gasteiger partial charge in [-0.25, -0.2) is 0 Å². The Morgan fingerprint density at radius 3 is 2.80 bits per heavy atom. The third kappa shape index (κ3) is 3.00. The molecule has 0 fully saturated rings. The summed E-state index contributed by atoms with van der Waals surface area (Å²) in [6.07, 6.45) is 0.960. The van der Waals surface area contributed by atoms with Crippen LogP contribution in [-0.2, 0) is 4.79 Å². The molecule has 0 radical (unpaired) electrons. The number of nitrogens with zero attached hydrogens (tertiary/aromatic N) is 1. The highest BCUT2D eigenvalue weighted by Gasteiger charge is 2.26. The summed E-state index contributed by atoms with van der Waals surface area (Å²) in [4.78, 5) is 36.8. The number of methoxy groups -OCH3 is 1. The van der Waals surface area contributed by atoms with Crippen LogP contribution < -0.4 is 20.3 Å². The van der Waals surface area contributed by atoms with Crippen molar-refractivity contribution >= 4 is 17.4 Å². The molecule has 0 saturated heterocycles. The first-order valence-corrected chi connectivity index (χ1v) is 7.83. The van der Waals surface area contributed by atoms with Crippen molar-refractivity contribution in [3.05, 3.63) is 52.4 Å². The van der Waals surface area contributed by atoms with Crippen molar-refractivity contribution in [3.63, 3.8) is 0 Å². The summed E-state index contributed by atoms with van der Waals surface area (Å²) in [5, 5.41) is 2.71. The Morgan fingerprint density at radius 1 is 1.32 bits per heavy atom. The van der Waals surface area contributed by atoms with Crippen LogP contribution in [0.5, 0.6) is 11.5 Å². The molecule has 2 atom stereocenters. The summed E-state index contributed by atoms with van der Waals surface area (Å²) in [6.45, 7) is 3.29. The topological polar surface area (TPSA) is 86.6 Å². The minimum Gasteiger partial charge on any atom is -0.491 e. The van der Waals surface area contributed by atoms with E-state index in [2.05, 4.69) is 5.32 Å². The molecule has 0 bridgehead atoms. The summed E-state index contributed by atoms with van der Waals surface area (Å²) in [5.41, 5.74) is 0.438. The lowest BCUT2D eigenvalue weighted by molar-refractivity contribution is -0.122. The molecular weight excluding hydrogens is 324 g/mol. The molecule has 1 N–H and O–H groups in total. The Bertz CT molecular complexity index is 903. The molecule has 0 aliphatic carbocycles. The molecule has 1 aromatic carbocycles. The fourth-order valence-corrected chi connectivity index (χ4v) is 2.68. The molecule has 2 heterocycles. The number of ether oxygens (including phenoxy) is 2. The number of amides is 1. The molecule has 25 heavy (non-hydrogen) atoms. The second-order valence-corrected chi connectivity index (χ2v) is 5.79. The molecule has 1 amide bonds. The van der Waals surface area contributed by atoms with Crippen LogP contribution in [0.4, 0.5) is 5.69 Å². The molecule has 7 heteroatoms. The van der Waals surface area contributed by atoms with Gasteiger partial charge in [-0.1, -0.05) is 0 Å². The molecule has 1 aromatic heterocycles. The van der Waals surface area contributed by atoms with Crippen molar-refractivity contribution < 1.29 is 19.1 Å². The minimum atomic E-state index is -0.722. The largest absolute Gasteiger partial charge is 0.491 e. The van der Waals surface area contributed by atoms with Gasteiger partial charge >= 0.3 is 0 Å². The number of nitrogens with one attached hydrogen (secondary N) is 1. The van der Waals surface area contributed by atoms with Crippen LogP contribution >= 0.6 is 0 Å². The Balaban J connectivity index is 1.93. The van der Waals surface area contributed by atoms with E-state index in [1.165, 1.54) is 11.7 Å². The third-order valence-electron chi connectivity index (χ3n) is 4.15. The fourth-order valence-electron chi connectivity index (χ4n) is 2.68. The zero-order valence-electron chi connectivity index (χ0n) is 14.1. The van der Waals surface area contributed by atoms with Gasteiger partial charge in [-0.2, -0.15) is 0 Å². The zero-order chi connectivity index (χ0) is 18.1. The van der Waals surface area contributed by atoms with E-state index in [0.29, 0.717) is 17.0 Å². The van der Waals surface area contributed by atoms with Crippen LogP contribution in [0.3, 0.4) is 0 Å². The number of ketones is 1. The number of carbonyl (C=O) groups is 2. The maximum absolute atomic E-state index is 12.8. The van der Waals surface area contributed by atoms with Gasteiger partial charge in [0.25, 0.3) is 11.5 Å². The number of aromatic nitrogens is 1. The Kier molecular flexibility index (Phi) is 4.31. The number of anilines is 1. The maximum atomic E-state index is 12.8. The average Bonchev–Trinajstić information content (AvgIpc) is 2.61. The van der Waals surface area contributed by atoms with E-state index in [-0.39, 0.29) is 23.0 Å². The quantitative estimate of drug-likeness (QED) is 0.859. The van der Waals surface area contributed by atoms with Crippen molar-refractivity contribution in [2.24, 2.45) is 0 Å². The average molecular weight is 342 g/mol. The summed E-state index contributed by atoms with van der Waals surface area (Å²) in [6, 6.07) is 7.28. The molecule has 2 unspecified atom stereocenters. The number of carbonyl (C=O) groups excluding carboxylic acids is 2. The number of pyridine rings is 1. The number of rotatable bonds is 4. The molecule has 7 nitrogen and oxygen atoms in total. The number of hydrogen-bond donors (Lipinski definition) is 1. The Labute approximate surface area is 144 Å². The SMILES string of the molecule is COc1cccn(C(C)C(=O)c2ccc3c(c2)NC(=O)C(C)O3)c1=O. The highest BCUT2D eigenvalue weighted by atomic mass is 16.5. The standard InChI is InChI=1S/C18H18N2O5/c1-10(20-8-4-5-15(24-3)18(20)23)16(21)12-6-7-14-13(9-12)19-17(22)11(2)25-14/h4-11H,1-3H3,(H,19,22). The van der Waals surface area contributed by atoms with Crippen LogP contribution in [-0.4, -0.2) is 29.5 Å². The van der Waals surface area contributed by atoms with Crippen LogP contribution in [0.25, 0.3) is 0 Å². The highest BCUT2D eigenvalue weighted by Crippen LogP contribution is 2.31. The van der Waals surface area contributed by atoms with Crippen molar-refractivity contribution in [1.29, 1.82) is 0 Å². The highest BCUT2D eigenvalue weighted by molar-refractivity contribution is 6.02. The molecule has 1 aliphatic rings. The van der Waals surface area contributed by atoms with E-state index in [0.717, 1.165) is 0 Å². The summed E-state index contributed by atoms with van der Waals surface area (Å²) in [5.74, 6) is 0.150. The number of Topliss-reactive ketones (excluding diaryl/α,β-unsaturated/α-hetero) is 1. The van der Waals surface area contributed by atoms with E-state index >= 15 is 0 Å². The van der Waals surface area contributed by atoms with Gasteiger partial charge < -0.3 is 19.4 Å². The van der Waals surface area contributed by atoms with Crippen molar-refractivity contribution in [2.75, 3.05) is 12.4 Å². The smallest absolute Gasteiger partial charge is 0.293 e. The van der Waals surface area contributed by atoms with Crippen LogP contribution in [0, 0.1) is 0 Å². The van der Waals surface area contributed by atoms with Gasteiger partial charge in [0, 0.05) is 11.8 Å². The van der Waals surface area contributed by atoms with Gasteiger partial charge in [0.05, 0.1) is 18.8 Å². The second-order valence-electron chi connectivity index (χ2n) is 5.79. The van der Waals surface area contributed by atoms with Crippen molar-refractivity contribution in [1.82, 2.24) is 4.57 Å². The third-order valence-corrected chi connectivity index (χ3v) is 4.15. The first kappa shape index (κ1) is 16.8. The monoisotopic (exact) mass is 342 g/mol. The van der Waals surface area contributed by atoms with Crippen LogP contribution in [0.15, 0.2) is 41.3 Å². The predicted molar refractivity (Wildman–Crippen MR) is 91.5 cm³/mol. The Hall–Kier alpha value is -3.09. The van der Waals surface area contributed by atoms with E-state index in [4.69, 9.17) is 9.47 Å². The van der Waals surface area contributed by atoms with Crippen LogP contribution in [0.2, 0.25) is 0 Å². The van der Waals surface area contributed by atoms with E-state index in [1.807, 2.05) is 0 Å². The minimum absolute atomic E-state index is 0.169. The Morgan fingerprint density at radius 2 is 2.08 bits per heavy atom. The van der Waals surface area contributed by atoms with Gasteiger partial charge in [-0.15, -0.1) is 0 Å². The molecule has 3 rings (SSSR count). The first-order chi connectivity index (χ1) is 11.9. The molecule has 2 aromatic rings. The lowest BCUT2D eigenvalue weighted by atomic mass is 10.0. The van der Waals surface area contributed by atoms with E-state index in [9.17, 15) is 14.4 Å². The van der Waals surface area contributed by atoms with Gasteiger partial charge in [0.1, 0.15) is 5.75 Å². The number of hydrogen-bond acceptors (Lipinski definition) is 5. The molecule has 0 spiro atoms. The predicted octanol–water partition coefficient (Wildman–Crippen LogP) is 2.02. The molecule has 0 saturated carbocycles. The zero-order valence-corrected chi connectivity index (χ0v) is 14.1. The molecular formula is C18H18N2O5. The van der Waals surface area contributed by atoms with E-state index < -0.39 is 12.1 Å². The van der Waals surface area contributed by atoms with Gasteiger partial charge in [-0.3, -0.25) is 14.4 Å².